The van der Waals surface area contributed by atoms with Crippen LogP contribution in [0.5, 0.6) is 5.88 Å². The summed E-state index contributed by atoms with van der Waals surface area (Å²) in [6.45, 7) is 8.99. The van der Waals surface area contributed by atoms with Crippen LogP contribution in [-0.4, -0.2) is 51.9 Å². The molecule has 1 aliphatic heterocycles. The summed E-state index contributed by atoms with van der Waals surface area (Å²) >= 11 is 0. The summed E-state index contributed by atoms with van der Waals surface area (Å²) in [5.74, 6) is 1.32. The Labute approximate surface area is 242 Å². The zero-order valence-electron chi connectivity index (χ0n) is 24.0. The summed E-state index contributed by atoms with van der Waals surface area (Å²) in [6.07, 6.45) is 4.28. The van der Waals surface area contributed by atoms with E-state index in [-0.39, 0.29) is 6.04 Å². The molecule has 1 saturated heterocycles. The van der Waals surface area contributed by atoms with E-state index >= 15 is 0 Å². The number of hydrogen-bond donors (Lipinski definition) is 1. The van der Waals surface area contributed by atoms with Crippen LogP contribution >= 0.6 is 0 Å². The van der Waals surface area contributed by atoms with E-state index in [0.29, 0.717) is 32.4 Å². The number of aromatic nitrogens is 3. The van der Waals surface area contributed by atoms with Gasteiger partial charge in [-0.1, -0.05) is 74.2 Å². The number of carbonyl (C=O) groups is 1. The molecule has 8 nitrogen and oxygen atoms in total. The lowest BCUT2D eigenvalue weighted by Gasteiger charge is -2.23. The molecule has 214 valence electrons. The van der Waals surface area contributed by atoms with Crippen LogP contribution in [0, 0.1) is 0 Å². The Kier molecular flexibility index (Phi) is 8.85. The van der Waals surface area contributed by atoms with Gasteiger partial charge in [0.25, 0.3) is 0 Å². The summed E-state index contributed by atoms with van der Waals surface area (Å²) in [6, 6.07) is 23.1. The smallest absolute Gasteiger partial charge is 0.407 e. The first-order valence-corrected chi connectivity index (χ1v) is 17.9. The van der Waals surface area contributed by atoms with Gasteiger partial charge < -0.3 is 19.1 Å². The van der Waals surface area contributed by atoms with E-state index < -0.39 is 14.2 Å². The number of hydrogen-bond acceptors (Lipinski definition) is 5. The molecular weight excluding hydrogens is 532 g/mol. The van der Waals surface area contributed by atoms with Gasteiger partial charge in [0.2, 0.25) is 5.88 Å². The van der Waals surface area contributed by atoms with E-state index in [1.54, 1.807) is 6.20 Å². The van der Waals surface area contributed by atoms with Gasteiger partial charge in [-0.15, -0.1) is 0 Å². The number of pyridine rings is 1. The second-order valence-corrected chi connectivity index (χ2v) is 17.3. The summed E-state index contributed by atoms with van der Waals surface area (Å²) in [5.41, 5.74) is 5.07. The predicted octanol–water partition coefficient (Wildman–Crippen LogP) is 7.32. The van der Waals surface area contributed by atoms with Gasteiger partial charge in [-0.25, -0.2) is 14.8 Å². The molecule has 0 bridgehead atoms. The summed E-state index contributed by atoms with van der Waals surface area (Å²) < 4.78 is 14.1. The SMILES string of the molecule is C[Si](C)(C)CCOCn1c(-c2ccc(-c3ccnc(OCc4ccccc4)c3)cc2)cnc1C1CCCN1C(=O)O. The minimum atomic E-state index is -1.24. The quantitative estimate of drug-likeness (QED) is 0.150. The first kappa shape index (κ1) is 28.6. The molecule has 1 unspecified atom stereocenters. The number of ether oxygens (including phenoxy) is 2. The van der Waals surface area contributed by atoms with E-state index in [1.165, 1.54) is 4.90 Å². The topological polar surface area (TPSA) is 89.7 Å². The molecular formula is C32H38N4O4Si. The molecule has 4 aromatic rings. The third-order valence-electron chi connectivity index (χ3n) is 7.38. The number of nitrogens with zero attached hydrogens (tertiary/aromatic N) is 4. The molecule has 1 atom stereocenters. The van der Waals surface area contributed by atoms with Gasteiger partial charge in [0, 0.05) is 33.5 Å². The van der Waals surface area contributed by atoms with Gasteiger partial charge >= 0.3 is 6.09 Å². The van der Waals surface area contributed by atoms with Crippen LogP contribution in [0.25, 0.3) is 22.4 Å². The maximum Gasteiger partial charge on any atom is 0.407 e. The lowest BCUT2D eigenvalue weighted by atomic mass is 10.0. The maximum atomic E-state index is 11.9. The van der Waals surface area contributed by atoms with Crippen molar-refractivity contribution in [1.29, 1.82) is 0 Å². The van der Waals surface area contributed by atoms with E-state index in [0.717, 1.165) is 52.7 Å². The Morgan fingerprint density at radius 2 is 1.76 bits per heavy atom. The number of carboxylic acid groups (broad SMARTS) is 1. The molecule has 1 N–H and O–H groups in total. The molecule has 2 aromatic heterocycles. The van der Waals surface area contributed by atoms with Crippen LogP contribution < -0.4 is 4.74 Å². The third kappa shape index (κ3) is 7.23. The van der Waals surface area contributed by atoms with Crippen LogP contribution in [0.3, 0.4) is 0 Å². The highest BCUT2D eigenvalue weighted by molar-refractivity contribution is 6.76. The third-order valence-corrected chi connectivity index (χ3v) is 9.08. The molecule has 0 saturated carbocycles. The standard InChI is InChI=1S/C32H38N4O4Si/c1-41(2,3)19-18-39-23-36-29(21-34-31(36)28-10-7-17-35(28)32(37)38)26-13-11-25(12-14-26)27-15-16-33-30(20-27)40-22-24-8-5-4-6-9-24/h4-6,8-9,11-16,20-21,28H,7,10,17-19,22-23H2,1-3H3,(H,37,38). The molecule has 3 heterocycles. The molecule has 0 radical (unpaired) electrons. The molecule has 9 heteroatoms. The molecule has 41 heavy (non-hydrogen) atoms. The number of imidazole rings is 1. The molecule has 1 fully saturated rings. The van der Waals surface area contributed by atoms with Gasteiger partial charge in [0.05, 0.1) is 17.9 Å². The zero-order chi connectivity index (χ0) is 28.8. The van der Waals surface area contributed by atoms with Crippen LogP contribution in [0.2, 0.25) is 25.7 Å². The van der Waals surface area contributed by atoms with E-state index in [1.807, 2.05) is 53.2 Å². The van der Waals surface area contributed by atoms with Crippen LogP contribution in [0.4, 0.5) is 4.79 Å². The first-order chi connectivity index (χ1) is 19.8. The van der Waals surface area contributed by atoms with Crippen molar-refractivity contribution in [2.75, 3.05) is 13.2 Å². The Hall–Kier alpha value is -3.95. The van der Waals surface area contributed by atoms with Crippen LogP contribution in [-0.2, 0) is 18.1 Å². The molecule has 1 aliphatic rings. The van der Waals surface area contributed by atoms with Gasteiger partial charge in [-0.3, -0.25) is 4.90 Å². The fourth-order valence-corrected chi connectivity index (χ4v) is 5.81. The Bertz CT molecular complexity index is 1450. The highest BCUT2D eigenvalue weighted by atomic mass is 28.3. The van der Waals surface area contributed by atoms with Gasteiger partial charge in [-0.05, 0) is 47.2 Å². The minimum absolute atomic E-state index is 0.271. The van der Waals surface area contributed by atoms with Crippen molar-refractivity contribution < 1.29 is 19.4 Å². The molecule has 1 amide bonds. The zero-order valence-corrected chi connectivity index (χ0v) is 25.0. The monoisotopic (exact) mass is 570 g/mol. The van der Waals surface area contributed by atoms with Gasteiger partial charge in [0.1, 0.15) is 19.2 Å². The molecule has 0 aliphatic carbocycles. The molecule has 5 rings (SSSR count). The van der Waals surface area contributed by atoms with Crippen molar-refractivity contribution in [3.05, 3.63) is 90.5 Å². The fraction of sp³-hybridized carbons (Fsp3) is 0.344. The summed E-state index contributed by atoms with van der Waals surface area (Å²) in [7, 11) is -1.24. The number of benzene rings is 2. The van der Waals surface area contributed by atoms with Gasteiger partial charge in [0.15, 0.2) is 0 Å². The lowest BCUT2D eigenvalue weighted by molar-refractivity contribution is 0.0815. The highest BCUT2D eigenvalue weighted by Crippen LogP contribution is 2.34. The van der Waals surface area contributed by atoms with Crippen molar-refractivity contribution in [3.8, 4) is 28.3 Å². The normalized spacial score (nSPS) is 15.3. The average Bonchev–Trinajstić information content (AvgIpc) is 3.62. The first-order valence-electron chi connectivity index (χ1n) is 14.1. The highest BCUT2D eigenvalue weighted by Gasteiger charge is 2.33. The largest absolute Gasteiger partial charge is 0.473 e. The van der Waals surface area contributed by atoms with E-state index in [4.69, 9.17) is 14.5 Å². The van der Waals surface area contributed by atoms with Crippen molar-refractivity contribution in [2.45, 2.75) is 57.9 Å². The van der Waals surface area contributed by atoms with Crippen molar-refractivity contribution in [2.24, 2.45) is 0 Å². The Balaban J connectivity index is 1.36. The van der Waals surface area contributed by atoms with Crippen LogP contribution in [0.1, 0.15) is 30.3 Å². The number of likely N-dealkylation sites (tertiary alicyclic amines) is 1. The summed E-state index contributed by atoms with van der Waals surface area (Å²) in [4.78, 5) is 22.5. The van der Waals surface area contributed by atoms with Crippen molar-refractivity contribution in [1.82, 2.24) is 19.4 Å². The number of rotatable bonds is 11. The Morgan fingerprint density at radius 1 is 1.00 bits per heavy atom. The van der Waals surface area contributed by atoms with E-state index in [9.17, 15) is 9.90 Å². The van der Waals surface area contributed by atoms with E-state index in [2.05, 4.69) is 48.9 Å². The van der Waals surface area contributed by atoms with Gasteiger partial charge in [-0.2, -0.15) is 0 Å². The summed E-state index contributed by atoms with van der Waals surface area (Å²) in [5, 5.41) is 9.76. The molecule has 2 aromatic carbocycles. The minimum Gasteiger partial charge on any atom is -0.473 e. The maximum absolute atomic E-state index is 11.9. The van der Waals surface area contributed by atoms with Crippen molar-refractivity contribution in [3.63, 3.8) is 0 Å². The second kappa shape index (κ2) is 12.7. The van der Waals surface area contributed by atoms with Crippen LogP contribution in [0.15, 0.2) is 79.1 Å². The van der Waals surface area contributed by atoms with Crippen molar-refractivity contribution >= 4 is 14.2 Å². The number of amides is 1. The average molecular weight is 571 g/mol. The second-order valence-electron chi connectivity index (χ2n) is 11.6. The Morgan fingerprint density at radius 3 is 2.49 bits per heavy atom. The fourth-order valence-electron chi connectivity index (χ4n) is 5.05. The predicted molar refractivity (Wildman–Crippen MR) is 162 cm³/mol. The molecule has 0 spiro atoms. The lowest BCUT2D eigenvalue weighted by Crippen LogP contribution is -2.31.